The van der Waals surface area contributed by atoms with Gasteiger partial charge in [-0.1, -0.05) is 12.2 Å². The van der Waals surface area contributed by atoms with Gasteiger partial charge in [-0.05, 0) is 55.3 Å². The molecule has 0 saturated carbocycles. The third-order valence-corrected chi connectivity index (χ3v) is 10.5. The third kappa shape index (κ3) is 7.97. The maximum atomic E-state index is 13.5. The first-order chi connectivity index (χ1) is 29.3. The Morgan fingerprint density at radius 2 is 1.64 bits per heavy atom. The molecule has 18 heteroatoms. The smallest absolute Gasteiger partial charge is 0.291 e. The van der Waals surface area contributed by atoms with Crippen LogP contribution in [-0.2, 0) is 25.9 Å². The number of carbonyl (C=O) groups excluding carboxylic acids is 5. The summed E-state index contributed by atoms with van der Waals surface area (Å²) >= 11 is 0. The van der Waals surface area contributed by atoms with Gasteiger partial charge in [0.1, 0.15) is 17.1 Å². The maximum absolute atomic E-state index is 13.5. The van der Waals surface area contributed by atoms with Crippen LogP contribution in [0.5, 0.6) is 17.2 Å². The number of aryl methyl sites for hydroxylation is 3. The van der Waals surface area contributed by atoms with E-state index in [1.807, 2.05) is 18.2 Å². The first kappa shape index (κ1) is 39.9. The Balaban J connectivity index is 0.830. The van der Waals surface area contributed by atoms with E-state index in [0.29, 0.717) is 47.0 Å². The monoisotopic (exact) mass is 826 g/mol. The van der Waals surface area contributed by atoms with E-state index in [9.17, 15) is 29.1 Å². The van der Waals surface area contributed by atoms with Gasteiger partial charge in [-0.15, -0.1) is 0 Å². The number of nitrogens with one attached hydrogen (secondary N) is 3. The number of rotatable bonds is 12. The number of anilines is 3. The van der Waals surface area contributed by atoms with Crippen molar-refractivity contribution in [2.75, 3.05) is 36.2 Å². The second-order valence-corrected chi connectivity index (χ2v) is 14.9. The predicted molar refractivity (Wildman–Crippen MR) is 226 cm³/mol. The number of benzene rings is 2. The molecule has 6 aromatic rings. The molecule has 6 heterocycles. The molecule has 0 bridgehead atoms. The highest BCUT2D eigenvalue weighted by Crippen LogP contribution is 2.38. The first-order valence-corrected chi connectivity index (χ1v) is 19.3. The van der Waals surface area contributed by atoms with Gasteiger partial charge in [-0.2, -0.15) is 0 Å². The summed E-state index contributed by atoms with van der Waals surface area (Å²) in [7, 11) is 6.56. The van der Waals surface area contributed by atoms with Gasteiger partial charge >= 0.3 is 0 Å². The molecule has 0 spiro atoms. The van der Waals surface area contributed by atoms with Crippen LogP contribution in [0.1, 0.15) is 61.2 Å². The minimum Gasteiger partial charge on any atom is -0.504 e. The third-order valence-electron chi connectivity index (χ3n) is 10.5. The molecule has 0 aliphatic carbocycles. The van der Waals surface area contributed by atoms with Gasteiger partial charge in [-0.25, -0.2) is 4.98 Å². The Bertz CT molecular complexity index is 2820. The van der Waals surface area contributed by atoms with Gasteiger partial charge in [0, 0.05) is 76.6 Å². The molecule has 1 atom stereocenters. The van der Waals surface area contributed by atoms with Crippen molar-refractivity contribution in [3.63, 3.8) is 0 Å². The maximum Gasteiger partial charge on any atom is 0.291 e. The van der Waals surface area contributed by atoms with E-state index < -0.39 is 11.8 Å². The molecule has 2 aliphatic rings. The second kappa shape index (κ2) is 16.0. The van der Waals surface area contributed by atoms with Crippen LogP contribution in [0.3, 0.4) is 0 Å². The topological polar surface area (TPSA) is 208 Å². The highest BCUT2D eigenvalue weighted by Gasteiger charge is 2.34. The first-order valence-electron chi connectivity index (χ1n) is 19.3. The lowest BCUT2D eigenvalue weighted by atomic mass is 10.1. The van der Waals surface area contributed by atoms with Gasteiger partial charge in [0.25, 0.3) is 23.6 Å². The van der Waals surface area contributed by atoms with Crippen molar-refractivity contribution in [2.45, 2.75) is 25.3 Å². The average molecular weight is 827 g/mol. The number of hydrogen-bond donors (Lipinski definition) is 4. The van der Waals surface area contributed by atoms with Gasteiger partial charge in [0.2, 0.25) is 11.7 Å². The summed E-state index contributed by atoms with van der Waals surface area (Å²) < 4.78 is 17.2. The zero-order valence-corrected chi connectivity index (χ0v) is 33.8. The Labute approximate surface area is 348 Å². The minimum atomic E-state index is -0.575. The number of fused-ring (bicyclic) bond motifs is 3. The van der Waals surface area contributed by atoms with Crippen LogP contribution in [0.15, 0.2) is 90.5 Å². The van der Waals surface area contributed by atoms with Crippen molar-refractivity contribution in [3.8, 4) is 17.2 Å². The quantitative estimate of drug-likeness (QED) is 0.0938. The van der Waals surface area contributed by atoms with Crippen molar-refractivity contribution in [1.29, 1.82) is 0 Å². The fourth-order valence-corrected chi connectivity index (χ4v) is 7.45. The Morgan fingerprint density at radius 3 is 2.41 bits per heavy atom. The Morgan fingerprint density at radius 1 is 0.902 bits per heavy atom. The summed E-state index contributed by atoms with van der Waals surface area (Å²) in [5.41, 5.74) is 3.65. The number of aromatic nitrogens is 5. The molecule has 1 saturated heterocycles. The van der Waals surface area contributed by atoms with Crippen molar-refractivity contribution in [2.24, 2.45) is 26.1 Å². The van der Waals surface area contributed by atoms with E-state index in [4.69, 9.17) is 9.47 Å². The van der Waals surface area contributed by atoms with E-state index in [2.05, 4.69) is 32.5 Å². The number of ether oxygens (including phenoxy) is 2. The Kier molecular flexibility index (Phi) is 10.5. The predicted octanol–water partition coefficient (Wildman–Crippen LogP) is 5.24. The number of amides is 4. The van der Waals surface area contributed by atoms with Crippen LogP contribution in [0.2, 0.25) is 0 Å². The number of methoxy groups -OCH3 is 1. The molecule has 1 fully saturated rings. The molecule has 2 aliphatic heterocycles. The zero-order valence-electron chi connectivity index (χ0n) is 33.8. The van der Waals surface area contributed by atoms with Crippen LogP contribution in [0.25, 0.3) is 10.9 Å². The van der Waals surface area contributed by atoms with Crippen molar-refractivity contribution in [3.05, 3.63) is 108 Å². The summed E-state index contributed by atoms with van der Waals surface area (Å²) in [6, 6.07) is 13.0. The molecule has 18 nitrogen and oxygen atoms in total. The van der Waals surface area contributed by atoms with Crippen LogP contribution in [-0.4, -0.2) is 95.3 Å². The fraction of sp³-hybridized carbons (Fsp3) is 0.233. The van der Waals surface area contributed by atoms with Crippen molar-refractivity contribution < 1.29 is 38.6 Å². The molecular formula is C43H42N10O8. The fourth-order valence-electron chi connectivity index (χ4n) is 7.45. The van der Waals surface area contributed by atoms with Crippen LogP contribution in [0.4, 0.5) is 22.9 Å². The molecule has 4 amide bonds. The second-order valence-electron chi connectivity index (χ2n) is 14.9. The number of aliphatic imine (C=N–C) groups is 1. The SMILES string of the molecule is C=C1C[C@H]2C=Nc3cc(OCCCC(=O)Nc4cn(C)c(C(=O)Nc5cc(C(=O)Nc6cc(C(=O)n7ccc8cc(OC)ccc87)n(C)c6)n(C)c5)n4)c(O)cc3C(=O)N2C1. The van der Waals surface area contributed by atoms with E-state index in [1.165, 1.54) is 33.5 Å². The molecule has 0 unspecified atom stereocenters. The number of nitrogens with zero attached hydrogens (tertiary/aromatic N) is 7. The molecule has 2 aromatic carbocycles. The molecule has 4 N–H and O–H groups in total. The Hall–Kier alpha value is -7.89. The zero-order chi connectivity index (χ0) is 43.1. The van der Waals surface area contributed by atoms with Crippen molar-refractivity contribution in [1.82, 2.24) is 28.2 Å². The number of carbonyl (C=O) groups is 5. The number of aromatic hydroxyl groups is 1. The summed E-state index contributed by atoms with van der Waals surface area (Å²) in [6.07, 6.45) is 9.09. The summed E-state index contributed by atoms with van der Waals surface area (Å²) in [6.45, 7) is 4.50. The molecule has 8 rings (SSSR count). The van der Waals surface area contributed by atoms with Gasteiger partial charge < -0.3 is 49.1 Å². The van der Waals surface area contributed by atoms with Crippen LogP contribution >= 0.6 is 0 Å². The van der Waals surface area contributed by atoms with Crippen LogP contribution < -0.4 is 25.4 Å². The number of phenols is 1. The minimum absolute atomic E-state index is 0.00904. The molecule has 0 radical (unpaired) electrons. The van der Waals surface area contributed by atoms with E-state index in [-0.39, 0.29) is 77.6 Å². The van der Waals surface area contributed by atoms with Crippen molar-refractivity contribution >= 4 is 69.5 Å². The molecule has 61 heavy (non-hydrogen) atoms. The molecule has 4 aromatic heterocycles. The number of phenolic OH excluding ortho intramolecular Hbond substituents is 1. The summed E-state index contributed by atoms with van der Waals surface area (Å²) in [5.74, 6) is -1.14. The van der Waals surface area contributed by atoms with Gasteiger partial charge in [0.05, 0.1) is 47.9 Å². The average Bonchev–Trinajstić information content (AvgIpc) is 4.05. The molecule has 312 valence electrons. The molecular weight excluding hydrogens is 785 g/mol. The number of hydrogen-bond acceptors (Lipinski definition) is 10. The summed E-state index contributed by atoms with van der Waals surface area (Å²) in [5, 5.41) is 19.7. The van der Waals surface area contributed by atoms with Gasteiger partial charge in [0.15, 0.2) is 17.3 Å². The largest absolute Gasteiger partial charge is 0.504 e. The highest BCUT2D eigenvalue weighted by molar-refractivity contribution is 6.08. The van der Waals surface area contributed by atoms with E-state index in [1.54, 1.807) is 79.2 Å². The summed E-state index contributed by atoms with van der Waals surface area (Å²) in [4.78, 5) is 76.4. The van der Waals surface area contributed by atoms with E-state index in [0.717, 1.165) is 11.0 Å². The normalized spacial score (nSPS) is 14.4. The standard InChI is InChI=1S/C43H42N10O8/c1-24-13-28-19-44-31-18-36(35(54)17-30(31)42(58)53(28)20-24)61-12-6-7-38(55)47-37-23-51(4)39(48-37)41(57)46-26-15-33(49(2)21-26)40(56)45-27-16-34(50(3)22-27)43(59)52-11-10-25-14-29(60-5)8-9-32(25)52/h8-11,14-19,21-23,28,54H,1,6-7,12-13,20H2,2-5H3,(H,45,56)(H,46,57)(H,47,55)/t28-/m0/s1. The lowest BCUT2D eigenvalue weighted by molar-refractivity contribution is -0.116. The lowest BCUT2D eigenvalue weighted by Gasteiger charge is -2.19. The number of imidazole rings is 1. The lowest BCUT2D eigenvalue weighted by Crippen LogP contribution is -2.35. The highest BCUT2D eigenvalue weighted by atomic mass is 16.5. The van der Waals surface area contributed by atoms with Gasteiger partial charge in [-0.3, -0.25) is 33.5 Å². The van der Waals surface area contributed by atoms with E-state index >= 15 is 0 Å². The van der Waals surface area contributed by atoms with Crippen LogP contribution in [0, 0.1) is 0 Å².